The topological polar surface area (TPSA) is 63.8 Å². The van der Waals surface area contributed by atoms with Gasteiger partial charge >= 0.3 is 0 Å². The number of nitrogen functional groups attached to an aromatic ring is 1. The number of aromatic nitrogens is 2. The van der Waals surface area contributed by atoms with E-state index < -0.39 is 0 Å². The van der Waals surface area contributed by atoms with E-state index in [4.69, 9.17) is 10.8 Å². The normalized spacial score (nSPS) is 14.6. The second-order valence-corrected chi connectivity index (χ2v) is 7.02. The minimum atomic E-state index is 0.802. The van der Waals surface area contributed by atoms with Gasteiger partial charge in [-0.3, -0.25) is 0 Å². The first-order chi connectivity index (χ1) is 9.33. The highest BCUT2D eigenvalue weighted by Gasteiger charge is 2.20. The summed E-state index contributed by atoms with van der Waals surface area (Å²) in [5.41, 5.74) is 4.19. The van der Waals surface area contributed by atoms with Crippen molar-refractivity contribution >= 4 is 39.1 Å². The summed E-state index contributed by atoms with van der Waals surface area (Å²) in [5, 5.41) is 1.16. The molecule has 19 heavy (non-hydrogen) atoms. The molecule has 2 aromatic heterocycles. The Balaban J connectivity index is 2.11. The summed E-state index contributed by atoms with van der Waals surface area (Å²) in [6.07, 6.45) is 4.86. The lowest BCUT2D eigenvalue weighted by atomic mass is 9.97. The van der Waals surface area contributed by atoms with Crippen LogP contribution in [-0.4, -0.2) is 15.7 Å². The minimum absolute atomic E-state index is 0.802. The number of hydrazine groups is 1. The Morgan fingerprint density at radius 2 is 2.16 bits per heavy atom. The molecule has 3 N–H and O–H groups in total. The fourth-order valence-electron chi connectivity index (χ4n) is 2.56. The number of anilines is 1. The standard InChI is InChI=1S/C13H18N4S2/c1-2-18-7-10-15-12(17-14)11-8-5-3-4-6-9(8)19-13(11)16-10/h2-7,14H2,1H3,(H,15,16,17). The van der Waals surface area contributed by atoms with Gasteiger partial charge in [-0.15, -0.1) is 11.3 Å². The van der Waals surface area contributed by atoms with Crippen LogP contribution < -0.4 is 11.3 Å². The van der Waals surface area contributed by atoms with E-state index >= 15 is 0 Å². The van der Waals surface area contributed by atoms with Crippen LogP contribution in [0.15, 0.2) is 0 Å². The van der Waals surface area contributed by atoms with Gasteiger partial charge in [-0.2, -0.15) is 11.8 Å². The Labute approximate surface area is 121 Å². The Morgan fingerprint density at radius 3 is 2.95 bits per heavy atom. The van der Waals surface area contributed by atoms with Gasteiger partial charge in [0.1, 0.15) is 10.7 Å². The maximum absolute atomic E-state index is 5.66. The van der Waals surface area contributed by atoms with Crippen LogP contribution in [0.5, 0.6) is 0 Å². The van der Waals surface area contributed by atoms with Gasteiger partial charge in [0.15, 0.2) is 5.82 Å². The lowest BCUT2D eigenvalue weighted by molar-refractivity contribution is 0.700. The van der Waals surface area contributed by atoms with Crippen LogP contribution in [0.1, 0.15) is 36.0 Å². The number of rotatable bonds is 4. The van der Waals surface area contributed by atoms with Crippen LogP contribution in [0.4, 0.5) is 5.82 Å². The predicted molar refractivity (Wildman–Crippen MR) is 83.7 cm³/mol. The molecule has 2 heterocycles. The second kappa shape index (κ2) is 5.64. The zero-order valence-corrected chi connectivity index (χ0v) is 12.7. The predicted octanol–water partition coefficient (Wildman–Crippen LogP) is 3.11. The molecule has 3 rings (SSSR count). The van der Waals surface area contributed by atoms with Crippen molar-refractivity contribution in [1.29, 1.82) is 0 Å². The first-order valence-electron chi connectivity index (χ1n) is 6.69. The van der Waals surface area contributed by atoms with Gasteiger partial charge in [-0.1, -0.05) is 6.92 Å². The number of fused-ring (bicyclic) bond motifs is 3. The van der Waals surface area contributed by atoms with E-state index in [1.54, 1.807) is 0 Å². The number of hydrogen-bond donors (Lipinski definition) is 2. The van der Waals surface area contributed by atoms with Gasteiger partial charge in [0.05, 0.1) is 11.1 Å². The summed E-state index contributed by atoms with van der Waals surface area (Å²) in [7, 11) is 0. The third-order valence-corrected chi connectivity index (χ3v) is 5.49. The Morgan fingerprint density at radius 1 is 1.32 bits per heavy atom. The largest absolute Gasteiger partial charge is 0.308 e. The summed E-state index contributed by atoms with van der Waals surface area (Å²) in [5.74, 6) is 9.27. The second-order valence-electron chi connectivity index (χ2n) is 4.66. The molecule has 4 nitrogen and oxygen atoms in total. The van der Waals surface area contributed by atoms with Crippen LogP contribution in [0, 0.1) is 0 Å². The fourth-order valence-corrected chi connectivity index (χ4v) is 4.36. The molecule has 1 aliphatic rings. The van der Waals surface area contributed by atoms with Crippen molar-refractivity contribution < 1.29 is 0 Å². The Bertz CT molecular complexity index is 594. The van der Waals surface area contributed by atoms with Gasteiger partial charge in [-0.05, 0) is 37.0 Å². The highest BCUT2D eigenvalue weighted by atomic mass is 32.2. The van der Waals surface area contributed by atoms with Crippen molar-refractivity contribution in [2.45, 2.75) is 38.4 Å². The minimum Gasteiger partial charge on any atom is -0.308 e. The van der Waals surface area contributed by atoms with E-state index in [0.717, 1.165) is 39.8 Å². The van der Waals surface area contributed by atoms with Gasteiger partial charge in [0.2, 0.25) is 0 Å². The number of thioether (sulfide) groups is 1. The molecule has 0 saturated carbocycles. The highest BCUT2D eigenvalue weighted by molar-refractivity contribution is 7.98. The zero-order valence-electron chi connectivity index (χ0n) is 11.0. The van der Waals surface area contributed by atoms with E-state index in [2.05, 4.69) is 17.3 Å². The highest BCUT2D eigenvalue weighted by Crippen LogP contribution is 2.38. The van der Waals surface area contributed by atoms with E-state index in [9.17, 15) is 0 Å². The fraction of sp³-hybridized carbons (Fsp3) is 0.538. The number of aryl methyl sites for hydroxylation is 2. The van der Waals surface area contributed by atoms with Crippen molar-refractivity contribution in [1.82, 2.24) is 9.97 Å². The quantitative estimate of drug-likeness (QED) is 0.670. The molecule has 1 aliphatic carbocycles. The molecule has 0 amide bonds. The van der Waals surface area contributed by atoms with Crippen LogP contribution >= 0.6 is 23.1 Å². The average molecular weight is 294 g/mol. The van der Waals surface area contributed by atoms with Gasteiger partial charge in [0, 0.05) is 4.88 Å². The van der Waals surface area contributed by atoms with Crippen molar-refractivity contribution in [2.24, 2.45) is 5.84 Å². The summed E-state index contributed by atoms with van der Waals surface area (Å²) in [6, 6.07) is 0. The SMILES string of the molecule is CCSCc1nc(NN)c2c3c(sc2n1)CCCC3. The molecule has 6 heteroatoms. The Kier molecular flexibility index (Phi) is 3.91. The molecule has 0 aromatic carbocycles. The first-order valence-corrected chi connectivity index (χ1v) is 8.66. The maximum atomic E-state index is 5.66. The lowest BCUT2D eigenvalue weighted by Gasteiger charge is -2.11. The van der Waals surface area contributed by atoms with Crippen molar-refractivity contribution in [2.75, 3.05) is 11.2 Å². The van der Waals surface area contributed by atoms with Crippen LogP contribution in [0.25, 0.3) is 10.2 Å². The van der Waals surface area contributed by atoms with Gasteiger partial charge in [-0.25, -0.2) is 15.8 Å². The third-order valence-electron chi connectivity index (χ3n) is 3.43. The van der Waals surface area contributed by atoms with Crippen molar-refractivity contribution in [3.63, 3.8) is 0 Å². The third kappa shape index (κ3) is 2.44. The smallest absolute Gasteiger partial charge is 0.152 e. The van der Waals surface area contributed by atoms with E-state index in [1.165, 1.54) is 29.7 Å². The summed E-state index contributed by atoms with van der Waals surface area (Å²) >= 11 is 3.66. The molecular weight excluding hydrogens is 276 g/mol. The van der Waals surface area contributed by atoms with E-state index in [-0.39, 0.29) is 0 Å². The number of hydrogen-bond acceptors (Lipinski definition) is 6. The summed E-state index contributed by atoms with van der Waals surface area (Å²) in [4.78, 5) is 11.9. The molecular formula is C13H18N4S2. The lowest BCUT2D eigenvalue weighted by Crippen LogP contribution is -2.11. The molecule has 0 fully saturated rings. The monoisotopic (exact) mass is 294 g/mol. The molecule has 0 unspecified atom stereocenters. The van der Waals surface area contributed by atoms with Gasteiger partial charge < -0.3 is 5.43 Å². The van der Waals surface area contributed by atoms with Crippen molar-refractivity contribution in [3.8, 4) is 0 Å². The number of nitrogens with zero attached hydrogens (tertiary/aromatic N) is 2. The van der Waals surface area contributed by atoms with Crippen LogP contribution in [0.3, 0.4) is 0 Å². The maximum Gasteiger partial charge on any atom is 0.152 e. The summed E-state index contributed by atoms with van der Waals surface area (Å²) < 4.78 is 0. The summed E-state index contributed by atoms with van der Waals surface area (Å²) in [6.45, 7) is 2.15. The van der Waals surface area contributed by atoms with Gasteiger partial charge in [0.25, 0.3) is 0 Å². The van der Waals surface area contributed by atoms with Crippen LogP contribution in [0.2, 0.25) is 0 Å². The molecule has 0 aliphatic heterocycles. The number of nitrogens with one attached hydrogen (secondary N) is 1. The average Bonchev–Trinajstić information content (AvgIpc) is 2.82. The Hall–Kier alpha value is -0.850. The molecule has 0 spiro atoms. The number of nitrogens with two attached hydrogens (primary N) is 1. The molecule has 0 radical (unpaired) electrons. The molecule has 0 saturated heterocycles. The number of thiophene rings is 1. The molecule has 0 atom stereocenters. The van der Waals surface area contributed by atoms with Crippen LogP contribution in [-0.2, 0) is 18.6 Å². The molecule has 2 aromatic rings. The zero-order chi connectivity index (χ0) is 13.2. The molecule has 102 valence electrons. The first kappa shape index (κ1) is 13.1. The van der Waals surface area contributed by atoms with Crippen molar-refractivity contribution in [3.05, 3.63) is 16.3 Å². The van der Waals surface area contributed by atoms with E-state index in [0.29, 0.717) is 0 Å². The van der Waals surface area contributed by atoms with E-state index in [1.807, 2.05) is 23.1 Å². The molecule has 0 bridgehead atoms.